The van der Waals surface area contributed by atoms with Crippen LogP contribution in [-0.4, -0.2) is 242 Å². The number of carbonyl (C=O) groups excluding carboxylic acids is 7. The number of aryl methyl sites for hydroxylation is 2. The highest BCUT2D eigenvalue weighted by atomic mass is 33.1. The number of methoxy groups -OCH3 is 4. The van der Waals surface area contributed by atoms with Crippen LogP contribution < -0.4 is 54.7 Å². The number of rotatable bonds is 31. The number of nitrogen functional groups attached to an aromatic ring is 2. The molecule has 27 nitrogen and oxygen atoms in total. The average Bonchev–Trinajstić information content (AvgIpc) is 1.63. The fourth-order valence-corrected chi connectivity index (χ4v) is 16.7. The van der Waals surface area contributed by atoms with E-state index in [2.05, 4.69) is 31.6 Å². The van der Waals surface area contributed by atoms with Crippen molar-refractivity contribution >= 4 is 90.6 Å². The summed E-state index contributed by atoms with van der Waals surface area (Å²) >= 11 is 0. The summed E-state index contributed by atoms with van der Waals surface area (Å²) in [6.45, 7) is 23.3. The average molecular weight is 1610 g/mol. The van der Waals surface area contributed by atoms with E-state index in [9.17, 15) is 24.0 Å². The van der Waals surface area contributed by atoms with Crippen LogP contribution in [0.3, 0.4) is 0 Å². The van der Waals surface area contributed by atoms with Crippen LogP contribution in [0.5, 0.6) is 46.0 Å². The highest BCUT2D eigenvalue weighted by molar-refractivity contribution is 8.76. The van der Waals surface area contributed by atoms with Gasteiger partial charge in [0.15, 0.2) is 58.5 Å². The Morgan fingerprint density at radius 3 is 1.45 bits per heavy atom. The minimum atomic E-state index is -0.657. The standard InChI is InChI=1S/C40H52N4O9S2.C27H34N2O5.C12H20N2O3S2.CO2/c1-25-17-28-10-9-27-19-35(33(48-3)20-29(27)37(45)43(28)23-25)50-12-7-6-8-13-51-36-22-31(41)30(21-34(36)49-4)38(46)44-24-26(2)18-32(44)39-42(11-14-52-39)40(47)53-15-16-55-54-5;1-18-13-21-9-7-19-14-25(24(32-3)16-22(19)27(30)29(21)17-18)33-11-5-4-6-12-34-26-15-20(28)8-10-23(26)31-2;1-9-7-10(13-8-9)11-14(3-4-16-11)12(15)17-5-6-19-18-2;2-1-3/h19-22,28,32,39H,1-2,6-18,23-24,41H2,3-5H3;8,10,14-16,21H,1,4-7,9,11-13,17,28H2,2-3H3;10-11,13H,1,3-8H2,2H3;/t28-,32+,39?;21-;10-,11?;/m110./s1. The molecule has 5 N–H and O–H groups in total. The number of fused-ring (bicyclic) bond motifs is 4. The lowest BCUT2D eigenvalue weighted by Crippen LogP contribution is -2.51. The number of ether oxygens (including phenoxy) is 12. The lowest BCUT2D eigenvalue weighted by atomic mass is 10.00. The molecule has 4 aromatic rings. The predicted molar refractivity (Wildman–Crippen MR) is 431 cm³/mol. The van der Waals surface area contributed by atoms with Crippen LogP contribution in [0.1, 0.15) is 119 Å². The third kappa shape index (κ3) is 23.3. The molecule has 604 valence electrons. The van der Waals surface area contributed by atoms with Crippen LogP contribution >= 0.6 is 43.2 Å². The Labute approximate surface area is 666 Å². The van der Waals surface area contributed by atoms with Crippen LogP contribution in [-0.2, 0) is 41.4 Å². The Hall–Kier alpha value is -8.55. The van der Waals surface area contributed by atoms with Gasteiger partial charge in [0.1, 0.15) is 13.2 Å². The minimum absolute atomic E-state index is 0.0327. The van der Waals surface area contributed by atoms with Crippen molar-refractivity contribution in [3.63, 3.8) is 0 Å². The van der Waals surface area contributed by atoms with Crippen molar-refractivity contribution in [3.8, 4) is 46.0 Å². The van der Waals surface area contributed by atoms with E-state index in [4.69, 9.17) is 77.9 Å². The van der Waals surface area contributed by atoms with Crippen molar-refractivity contribution in [3.05, 3.63) is 131 Å². The van der Waals surface area contributed by atoms with Crippen molar-refractivity contribution < 1.29 is 90.4 Å². The quantitative estimate of drug-likeness (QED) is 0.0182. The van der Waals surface area contributed by atoms with Gasteiger partial charge < -0.3 is 88.3 Å². The fraction of sp³-hybridized carbons (Fsp3) is 0.525. The summed E-state index contributed by atoms with van der Waals surface area (Å²) in [5.74, 6) is 5.94. The van der Waals surface area contributed by atoms with Gasteiger partial charge in [-0.25, -0.2) is 9.59 Å². The number of nitrogens with two attached hydrogens (primary N) is 2. The summed E-state index contributed by atoms with van der Waals surface area (Å²) in [6, 6.07) is 16.3. The molecular weight excluding hydrogens is 1510 g/mol. The van der Waals surface area contributed by atoms with Gasteiger partial charge in [-0.1, -0.05) is 91.8 Å². The zero-order valence-electron chi connectivity index (χ0n) is 64.5. The molecule has 6 saturated heterocycles. The largest absolute Gasteiger partial charge is 0.493 e. The maximum absolute atomic E-state index is 14.0. The summed E-state index contributed by atoms with van der Waals surface area (Å²) < 4.78 is 68.6. The van der Waals surface area contributed by atoms with Crippen LogP contribution in [0.2, 0.25) is 0 Å². The molecule has 2 unspecified atom stereocenters. The van der Waals surface area contributed by atoms with Gasteiger partial charge in [-0.15, -0.1) is 0 Å². The van der Waals surface area contributed by atoms with Gasteiger partial charge >= 0.3 is 18.3 Å². The van der Waals surface area contributed by atoms with E-state index in [1.54, 1.807) is 110 Å². The van der Waals surface area contributed by atoms with Gasteiger partial charge in [0.2, 0.25) is 0 Å². The maximum atomic E-state index is 14.0. The van der Waals surface area contributed by atoms with Gasteiger partial charge in [0, 0.05) is 84.4 Å². The third-order valence-corrected chi connectivity index (χ3v) is 23.6. The number of anilines is 2. The number of benzene rings is 4. The molecule has 8 heterocycles. The number of carbonyl (C=O) groups is 5. The van der Waals surface area contributed by atoms with Gasteiger partial charge in [0.25, 0.3) is 17.7 Å². The second-order valence-electron chi connectivity index (χ2n) is 27.6. The monoisotopic (exact) mass is 1610 g/mol. The topological polar surface area (TPSA) is 311 Å². The summed E-state index contributed by atoms with van der Waals surface area (Å²) in [7, 11) is 12.9. The first-order valence-electron chi connectivity index (χ1n) is 37.3. The van der Waals surface area contributed by atoms with Crippen molar-refractivity contribution in [2.45, 2.75) is 127 Å². The first-order chi connectivity index (χ1) is 53.8. The molecule has 12 rings (SSSR count). The molecule has 6 fully saturated rings. The van der Waals surface area contributed by atoms with Crippen LogP contribution in [0.25, 0.3) is 0 Å². The van der Waals surface area contributed by atoms with Crippen molar-refractivity contribution in [2.75, 3.05) is 156 Å². The Balaban J connectivity index is 0.000000213. The first-order valence-corrected chi connectivity index (χ1v) is 42.8. The Morgan fingerprint density at radius 2 is 0.982 bits per heavy atom. The van der Waals surface area contributed by atoms with E-state index < -0.39 is 18.4 Å². The number of nitrogens with one attached hydrogen (secondary N) is 1. The molecular formula is C80H106N8O19S4. The Bertz CT molecular complexity index is 3960. The fourth-order valence-electron chi connectivity index (χ4n) is 14.7. The van der Waals surface area contributed by atoms with E-state index in [0.29, 0.717) is 155 Å². The molecule has 0 saturated carbocycles. The molecule has 0 aromatic heterocycles. The van der Waals surface area contributed by atoms with Crippen LogP contribution in [0.4, 0.5) is 21.0 Å². The highest BCUT2D eigenvalue weighted by Crippen LogP contribution is 2.42. The maximum Gasteiger partial charge on any atom is 0.412 e. The minimum Gasteiger partial charge on any atom is -0.493 e. The zero-order valence-corrected chi connectivity index (χ0v) is 67.7. The van der Waals surface area contributed by atoms with E-state index in [1.807, 2.05) is 46.6 Å². The van der Waals surface area contributed by atoms with Crippen LogP contribution in [0, 0.1) is 0 Å². The summed E-state index contributed by atoms with van der Waals surface area (Å²) in [6.07, 6.45) is 14.3. The molecule has 111 heavy (non-hydrogen) atoms. The van der Waals surface area contributed by atoms with Crippen LogP contribution in [0.15, 0.2) is 103 Å². The van der Waals surface area contributed by atoms with Gasteiger partial charge in [0.05, 0.1) is 98.8 Å². The number of likely N-dealkylation sites (tertiary alicyclic amines) is 1. The van der Waals surface area contributed by atoms with Gasteiger partial charge in [-0.2, -0.15) is 9.59 Å². The summed E-state index contributed by atoms with van der Waals surface area (Å²) in [5.41, 5.74) is 21.1. The number of amides is 5. The zero-order chi connectivity index (χ0) is 79.5. The molecule has 31 heteroatoms. The molecule has 0 bridgehead atoms. The van der Waals surface area contributed by atoms with E-state index in [-0.39, 0.29) is 65.6 Å². The number of unbranched alkanes of at least 4 members (excludes halogenated alkanes) is 4. The Morgan fingerprint density at radius 1 is 0.532 bits per heavy atom. The normalized spacial score (nSPS) is 20.2. The lowest BCUT2D eigenvalue weighted by Gasteiger charge is -2.33. The number of hydrogen-bond acceptors (Lipinski definition) is 26. The lowest BCUT2D eigenvalue weighted by molar-refractivity contribution is -0.191. The van der Waals surface area contributed by atoms with Gasteiger partial charge in [-0.05, 0) is 156 Å². The van der Waals surface area contributed by atoms with Crippen molar-refractivity contribution in [1.82, 2.24) is 29.8 Å². The second-order valence-corrected chi connectivity index (χ2v) is 33.0. The second kappa shape index (κ2) is 43.5. The SMILES string of the molecule is C=C1CN[C@H](C2OCCN2C(=O)OCCSSC)C1.C=C1C[C@H]2CCc3cc(OCCCCCOc4cc(N)c(C(=O)N5CC(=C)C[C@H]5C5OCCN5C(=O)OCCSSC)cc4OC)c(OC)cc3C(=O)N2C1.C=C1C[C@H]2CCc3cc(OCCCCCOc4cc(N)ccc4OC)c(OC)cc3C(=O)N2C1.O=C=O. The smallest absolute Gasteiger partial charge is 0.412 e. The molecule has 8 aliphatic rings. The number of nitrogens with zero attached hydrogens (tertiary/aromatic N) is 5. The predicted octanol–water partition coefficient (Wildman–Crippen LogP) is 12.0. The molecule has 0 radical (unpaired) electrons. The summed E-state index contributed by atoms with van der Waals surface area (Å²) in [4.78, 5) is 90.4. The molecule has 0 spiro atoms. The van der Waals surface area contributed by atoms with E-state index >= 15 is 0 Å². The molecule has 5 amide bonds. The van der Waals surface area contributed by atoms with Crippen molar-refractivity contribution in [1.29, 1.82) is 0 Å². The summed E-state index contributed by atoms with van der Waals surface area (Å²) in [5, 5.41) is 3.33. The molecule has 6 atom stereocenters. The molecule has 0 aliphatic carbocycles. The van der Waals surface area contributed by atoms with Gasteiger partial charge in [-0.3, -0.25) is 24.2 Å². The van der Waals surface area contributed by atoms with E-state index in [1.165, 1.54) is 7.11 Å². The van der Waals surface area contributed by atoms with E-state index in [0.717, 1.165) is 135 Å². The molecule has 8 aliphatic heterocycles. The molecule has 4 aromatic carbocycles. The first kappa shape index (κ1) is 86.4. The third-order valence-electron chi connectivity index (χ3n) is 20.0. The highest BCUT2D eigenvalue weighted by Gasteiger charge is 2.46. The van der Waals surface area contributed by atoms with Crippen molar-refractivity contribution in [2.24, 2.45) is 0 Å². The number of hydrogen-bond donors (Lipinski definition) is 3. The Kier molecular flexibility index (Phi) is 33.9.